The van der Waals surface area contributed by atoms with E-state index in [4.69, 9.17) is 0 Å². The van der Waals surface area contributed by atoms with Crippen LogP contribution in [0.3, 0.4) is 0 Å². The standard InChI is InChI=1S/C25H19N5O3S2/c1-2-12-30-24(33)20-17(15-8-4-3-5-9-15)13-34-23(20)27-25(30)35-14-19(31)28-29-21-16-10-6-7-11-18(16)26-22(21)32/h2-11,13,26,32H,1,12,14H2. The van der Waals surface area contributed by atoms with E-state index in [0.717, 1.165) is 22.9 Å². The number of nitrogens with zero attached hydrogens (tertiary/aromatic N) is 4. The molecule has 0 atom stereocenters. The summed E-state index contributed by atoms with van der Waals surface area (Å²) in [5, 5.41) is 21.3. The number of carbonyl (C=O) groups is 1. The minimum Gasteiger partial charge on any atom is -0.493 e. The molecular weight excluding hydrogens is 482 g/mol. The van der Waals surface area contributed by atoms with Crippen LogP contribution in [0.1, 0.15) is 0 Å². The molecule has 0 bridgehead atoms. The number of amides is 1. The number of fused-ring (bicyclic) bond motifs is 2. The summed E-state index contributed by atoms with van der Waals surface area (Å²) in [5.41, 5.74) is 2.49. The average Bonchev–Trinajstić information content (AvgIpc) is 3.44. The van der Waals surface area contributed by atoms with Gasteiger partial charge in [0.1, 0.15) is 4.83 Å². The highest BCUT2D eigenvalue weighted by Gasteiger charge is 2.18. The number of azo groups is 1. The van der Waals surface area contributed by atoms with Crippen LogP contribution in [0, 0.1) is 0 Å². The molecule has 2 aromatic carbocycles. The van der Waals surface area contributed by atoms with Gasteiger partial charge in [-0.3, -0.25) is 14.2 Å². The van der Waals surface area contributed by atoms with E-state index in [1.165, 1.54) is 15.9 Å². The summed E-state index contributed by atoms with van der Waals surface area (Å²) in [5.74, 6) is -0.747. The molecule has 1 amide bonds. The number of rotatable bonds is 7. The lowest BCUT2D eigenvalue weighted by molar-refractivity contribution is -0.115. The van der Waals surface area contributed by atoms with Gasteiger partial charge < -0.3 is 10.1 Å². The van der Waals surface area contributed by atoms with Crippen LogP contribution >= 0.6 is 23.1 Å². The van der Waals surface area contributed by atoms with E-state index in [1.54, 1.807) is 24.3 Å². The molecule has 0 aliphatic heterocycles. The lowest BCUT2D eigenvalue weighted by atomic mass is 10.1. The van der Waals surface area contributed by atoms with Gasteiger partial charge in [0, 0.05) is 22.9 Å². The summed E-state index contributed by atoms with van der Waals surface area (Å²) in [6, 6.07) is 16.9. The van der Waals surface area contributed by atoms with Crippen molar-refractivity contribution in [2.24, 2.45) is 10.2 Å². The molecule has 5 rings (SSSR count). The van der Waals surface area contributed by atoms with E-state index in [1.807, 2.05) is 41.8 Å². The van der Waals surface area contributed by atoms with Crippen LogP contribution in [0.15, 0.2) is 92.8 Å². The normalized spacial score (nSPS) is 11.5. The SMILES string of the molecule is C=CCn1c(SCC(=O)N=Nc2c(O)[nH]c3ccccc23)nc2scc(-c3ccccc3)c2c1=O. The number of thioether (sulfide) groups is 1. The third-order valence-electron chi connectivity index (χ3n) is 5.30. The summed E-state index contributed by atoms with van der Waals surface area (Å²) < 4.78 is 1.51. The van der Waals surface area contributed by atoms with Crippen LogP contribution in [-0.4, -0.2) is 31.3 Å². The predicted octanol–water partition coefficient (Wildman–Crippen LogP) is 5.90. The zero-order valence-corrected chi connectivity index (χ0v) is 20.0. The Morgan fingerprint density at radius 2 is 1.97 bits per heavy atom. The van der Waals surface area contributed by atoms with Crippen molar-refractivity contribution < 1.29 is 9.90 Å². The molecule has 0 saturated carbocycles. The fraction of sp³-hybridized carbons (Fsp3) is 0.0800. The highest BCUT2D eigenvalue weighted by Crippen LogP contribution is 2.35. The van der Waals surface area contributed by atoms with Crippen molar-refractivity contribution in [2.45, 2.75) is 11.7 Å². The van der Waals surface area contributed by atoms with Crippen molar-refractivity contribution in [1.29, 1.82) is 0 Å². The number of allylic oxidation sites excluding steroid dienone is 1. The lowest BCUT2D eigenvalue weighted by Crippen LogP contribution is -2.23. The third kappa shape index (κ3) is 4.41. The lowest BCUT2D eigenvalue weighted by Gasteiger charge is -2.10. The monoisotopic (exact) mass is 501 g/mol. The first-order valence-corrected chi connectivity index (χ1v) is 12.5. The predicted molar refractivity (Wildman–Crippen MR) is 140 cm³/mol. The molecule has 174 valence electrons. The molecule has 0 saturated heterocycles. The molecule has 2 N–H and O–H groups in total. The van der Waals surface area contributed by atoms with E-state index in [0.29, 0.717) is 26.3 Å². The fourth-order valence-electron chi connectivity index (χ4n) is 3.71. The van der Waals surface area contributed by atoms with Gasteiger partial charge >= 0.3 is 0 Å². The van der Waals surface area contributed by atoms with Gasteiger partial charge in [-0.15, -0.1) is 28.1 Å². The molecule has 3 aromatic heterocycles. The number of aromatic nitrogens is 3. The third-order valence-corrected chi connectivity index (χ3v) is 7.13. The molecule has 10 heteroatoms. The zero-order chi connectivity index (χ0) is 24.4. The van der Waals surface area contributed by atoms with Gasteiger partial charge in [-0.2, -0.15) is 0 Å². The molecule has 8 nitrogen and oxygen atoms in total. The maximum Gasteiger partial charge on any atom is 0.275 e. The second-order valence-electron chi connectivity index (χ2n) is 7.54. The Bertz CT molecular complexity index is 1650. The summed E-state index contributed by atoms with van der Waals surface area (Å²) in [4.78, 5) is 33.9. The van der Waals surface area contributed by atoms with E-state index < -0.39 is 5.91 Å². The molecular formula is C25H19N5O3S2. The summed E-state index contributed by atoms with van der Waals surface area (Å²) in [6.07, 6.45) is 1.62. The second-order valence-corrected chi connectivity index (χ2v) is 9.35. The van der Waals surface area contributed by atoms with E-state index >= 15 is 0 Å². The molecule has 3 heterocycles. The van der Waals surface area contributed by atoms with Crippen molar-refractivity contribution in [3.63, 3.8) is 0 Å². The van der Waals surface area contributed by atoms with Crippen LogP contribution < -0.4 is 5.56 Å². The van der Waals surface area contributed by atoms with Crippen LogP contribution in [0.25, 0.3) is 32.2 Å². The van der Waals surface area contributed by atoms with E-state index in [2.05, 4.69) is 26.8 Å². The van der Waals surface area contributed by atoms with Gasteiger partial charge in [0.15, 0.2) is 10.8 Å². The molecule has 0 radical (unpaired) electrons. The molecule has 0 aliphatic rings. The van der Waals surface area contributed by atoms with Gasteiger partial charge in [-0.1, -0.05) is 66.4 Å². The Morgan fingerprint density at radius 3 is 2.77 bits per heavy atom. The summed E-state index contributed by atoms with van der Waals surface area (Å²) in [6.45, 7) is 4.01. The quantitative estimate of drug-likeness (QED) is 0.125. The Balaban J connectivity index is 1.42. The number of aromatic hydroxyl groups is 1. The first-order valence-electron chi connectivity index (χ1n) is 10.6. The first-order chi connectivity index (χ1) is 17.1. The zero-order valence-electron chi connectivity index (χ0n) is 18.3. The van der Waals surface area contributed by atoms with Gasteiger partial charge in [0.2, 0.25) is 5.88 Å². The van der Waals surface area contributed by atoms with Crippen LogP contribution in [0.4, 0.5) is 5.69 Å². The first kappa shape index (κ1) is 22.8. The van der Waals surface area contributed by atoms with Crippen molar-refractivity contribution in [3.8, 4) is 17.0 Å². The number of nitrogens with one attached hydrogen (secondary N) is 1. The van der Waals surface area contributed by atoms with Crippen molar-refractivity contribution in [2.75, 3.05) is 5.75 Å². The average molecular weight is 502 g/mol. The number of carbonyl (C=O) groups excluding carboxylic acids is 1. The van der Waals surface area contributed by atoms with Crippen LogP contribution in [0.5, 0.6) is 5.88 Å². The highest BCUT2D eigenvalue weighted by atomic mass is 32.2. The topological polar surface area (TPSA) is 113 Å². The number of H-pyrrole nitrogens is 1. The smallest absolute Gasteiger partial charge is 0.275 e. The van der Waals surface area contributed by atoms with Gasteiger partial charge in [-0.05, 0) is 11.6 Å². The molecule has 5 aromatic rings. The number of hydrogen-bond acceptors (Lipinski definition) is 7. The largest absolute Gasteiger partial charge is 0.493 e. The maximum absolute atomic E-state index is 13.4. The number of aromatic amines is 1. The summed E-state index contributed by atoms with van der Waals surface area (Å²) >= 11 is 2.50. The highest BCUT2D eigenvalue weighted by molar-refractivity contribution is 7.99. The number of thiophene rings is 1. The molecule has 35 heavy (non-hydrogen) atoms. The molecule has 0 spiro atoms. The van der Waals surface area contributed by atoms with Crippen molar-refractivity contribution in [3.05, 3.63) is 83.0 Å². The molecule has 0 fully saturated rings. The Hall–Kier alpha value is -4.02. The summed E-state index contributed by atoms with van der Waals surface area (Å²) in [7, 11) is 0. The Kier molecular flexibility index (Phi) is 6.30. The van der Waals surface area contributed by atoms with Gasteiger partial charge in [-0.25, -0.2) is 4.98 Å². The molecule has 0 unspecified atom stereocenters. The van der Waals surface area contributed by atoms with Gasteiger partial charge in [0.25, 0.3) is 11.5 Å². The maximum atomic E-state index is 13.4. The molecule has 0 aliphatic carbocycles. The Labute approximate surface area is 207 Å². The van der Waals surface area contributed by atoms with Crippen LogP contribution in [-0.2, 0) is 11.3 Å². The number of hydrogen-bond donors (Lipinski definition) is 2. The van der Waals surface area contributed by atoms with Crippen molar-refractivity contribution in [1.82, 2.24) is 14.5 Å². The fourth-order valence-corrected chi connectivity index (χ4v) is 5.49. The van der Waals surface area contributed by atoms with Gasteiger partial charge in [0.05, 0.1) is 16.7 Å². The minimum atomic E-state index is -0.518. The minimum absolute atomic E-state index is 0.0708. The Morgan fingerprint density at radius 1 is 1.20 bits per heavy atom. The second kappa shape index (κ2) is 9.69. The van der Waals surface area contributed by atoms with E-state index in [9.17, 15) is 14.7 Å². The number of para-hydroxylation sites is 1. The van der Waals surface area contributed by atoms with Crippen LogP contribution in [0.2, 0.25) is 0 Å². The van der Waals surface area contributed by atoms with E-state index in [-0.39, 0.29) is 29.4 Å². The number of benzene rings is 2. The van der Waals surface area contributed by atoms with Crippen molar-refractivity contribution >= 4 is 55.8 Å².